The highest BCUT2D eigenvalue weighted by Gasteiger charge is 2.15. The second kappa shape index (κ2) is 3.95. The molecule has 0 spiro atoms. The average molecular weight is 198 g/mol. The first kappa shape index (κ1) is 9.45. The summed E-state index contributed by atoms with van der Waals surface area (Å²) in [5.41, 5.74) is 0.975. The number of aromatic nitrogens is 2. The summed E-state index contributed by atoms with van der Waals surface area (Å²) in [6, 6.07) is 0. The zero-order valence-electron chi connectivity index (χ0n) is 8.10. The number of rotatable bonds is 2. The largest absolute Gasteiger partial charge is 0.395 e. The molecule has 6 heteroatoms. The van der Waals surface area contributed by atoms with Crippen molar-refractivity contribution >= 4 is 5.82 Å². The van der Waals surface area contributed by atoms with Crippen LogP contribution in [0.1, 0.15) is 5.69 Å². The fourth-order valence-electron chi connectivity index (χ4n) is 1.41. The SMILES string of the molecule is CN1CNc2ncn(CCO)c2CO1. The maximum atomic E-state index is 8.84. The number of imidazole rings is 1. The number of nitrogens with one attached hydrogen (secondary N) is 1. The standard InChI is InChI=1S/C8H14N4O2/c1-11-5-9-8-7(4-14-11)12(2-3-13)6-10-8/h6,9,13H,2-5H2,1H3. The van der Waals surface area contributed by atoms with Gasteiger partial charge in [0, 0.05) is 13.6 Å². The molecule has 1 aliphatic heterocycles. The smallest absolute Gasteiger partial charge is 0.151 e. The van der Waals surface area contributed by atoms with Gasteiger partial charge in [-0.3, -0.25) is 4.84 Å². The van der Waals surface area contributed by atoms with Crippen LogP contribution in [0.3, 0.4) is 0 Å². The third kappa shape index (κ3) is 1.72. The van der Waals surface area contributed by atoms with Gasteiger partial charge in [0.05, 0.1) is 25.3 Å². The highest BCUT2D eigenvalue weighted by atomic mass is 16.7. The molecule has 78 valence electrons. The zero-order chi connectivity index (χ0) is 9.97. The van der Waals surface area contributed by atoms with Crippen molar-refractivity contribution in [1.29, 1.82) is 0 Å². The summed E-state index contributed by atoms with van der Waals surface area (Å²) < 4.78 is 1.89. The van der Waals surface area contributed by atoms with Gasteiger partial charge in [-0.1, -0.05) is 0 Å². The predicted molar refractivity (Wildman–Crippen MR) is 50.4 cm³/mol. The van der Waals surface area contributed by atoms with Crippen LogP contribution < -0.4 is 5.32 Å². The van der Waals surface area contributed by atoms with E-state index in [-0.39, 0.29) is 6.61 Å². The fourth-order valence-corrected chi connectivity index (χ4v) is 1.41. The number of fused-ring (bicyclic) bond motifs is 1. The third-order valence-corrected chi connectivity index (χ3v) is 2.18. The molecule has 0 saturated heterocycles. The van der Waals surface area contributed by atoms with Gasteiger partial charge < -0.3 is 15.0 Å². The molecule has 0 atom stereocenters. The van der Waals surface area contributed by atoms with E-state index >= 15 is 0 Å². The number of nitrogens with zero attached hydrogens (tertiary/aromatic N) is 3. The lowest BCUT2D eigenvalue weighted by molar-refractivity contribution is -0.144. The highest BCUT2D eigenvalue weighted by Crippen LogP contribution is 2.17. The minimum atomic E-state index is 0.110. The van der Waals surface area contributed by atoms with Gasteiger partial charge in [0.15, 0.2) is 5.82 Å². The molecule has 0 aromatic carbocycles. The monoisotopic (exact) mass is 198 g/mol. The molecule has 2 N–H and O–H groups in total. The van der Waals surface area contributed by atoms with Crippen molar-refractivity contribution in [3.8, 4) is 0 Å². The Kier molecular flexibility index (Phi) is 2.67. The van der Waals surface area contributed by atoms with Gasteiger partial charge in [-0.2, -0.15) is 5.06 Å². The molecule has 0 amide bonds. The lowest BCUT2D eigenvalue weighted by atomic mass is 10.4. The summed E-state index contributed by atoms with van der Waals surface area (Å²) in [5.74, 6) is 0.836. The van der Waals surface area contributed by atoms with Gasteiger partial charge in [0.2, 0.25) is 0 Å². The highest BCUT2D eigenvalue weighted by molar-refractivity contribution is 5.40. The maximum absolute atomic E-state index is 8.84. The number of hydrogen-bond acceptors (Lipinski definition) is 5. The molecule has 0 bridgehead atoms. The fraction of sp³-hybridized carbons (Fsp3) is 0.625. The minimum Gasteiger partial charge on any atom is -0.395 e. The van der Waals surface area contributed by atoms with E-state index in [0.29, 0.717) is 19.8 Å². The first-order chi connectivity index (χ1) is 6.81. The van der Waals surface area contributed by atoms with Crippen molar-refractivity contribution in [2.45, 2.75) is 13.2 Å². The topological polar surface area (TPSA) is 62.6 Å². The van der Waals surface area contributed by atoms with Gasteiger partial charge in [0.25, 0.3) is 0 Å². The van der Waals surface area contributed by atoms with Crippen LogP contribution in [0.25, 0.3) is 0 Å². The Hall–Kier alpha value is -1.11. The molecule has 0 fully saturated rings. The van der Waals surface area contributed by atoms with Crippen LogP contribution in [0.4, 0.5) is 5.82 Å². The third-order valence-electron chi connectivity index (χ3n) is 2.18. The molecule has 0 saturated carbocycles. The molecule has 1 aromatic heterocycles. The van der Waals surface area contributed by atoms with Gasteiger partial charge in [0.1, 0.15) is 6.61 Å². The van der Waals surface area contributed by atoms with Crippen molar-refractivity contribution < 1.29 is 9.94 Å². The molecule has 1 aliphatic rings. The molecule has 0 unspecified atom stereocenters. The van der Waals surface area contributed by atoms with Crippen LogP contribution in [0.2, 0.25) is 0 Å². The lowest BCUT2D eigenvalue weighted by Crippen LogP contribution is -2.22. The predicted octanol–water partition coefficient (Wildman–Crippen LogP) is -0.378. The Morgan fingerprint density at radius 2 is 2.57 bits per heavy atom. The molecular formula is C8H14N4O2. The average Bonchev–Trinajstić information content (AvgIpc) is 2.45. The number of hydrogen-bond donors (Lipinski definition) is 2. The van der Waals surface area contributed by atoms with E-state index in [1.165, 1.54) is 0 Å². The zero-order valence-corrected chi connectivity index (χ0v) is 8.10. The van der Waals surface area contributed by atoms with E-state index in [4.69, 9.17) is 9.94 Å². The lowest BCUT2D eigenvalue weighted by Gasteiger charge is -2.12. The summed E-state index contributed by atoms with van der Waals surface area (Å²) in [6.45, 7) is 1.76. The molecule has 2 rings (SSSR count). The molecule has 2 heterocycles. The summed E-state index contributed by atoms with van der Waals surface area (Å²) in [7, 11) is 1.86. The Morgan fingerprint density at radius 1 is 1.71 bits per heavy atom. The second-order valence-electron chi connectivity index (χ2n) is 3.19. The quantitative estimate of drug-likeness (QED) is 0.678. The number of hydroxylamine groups is 2. The van der Waals surface area contributed by atoms with Crippen LogP contribution in [0.15, 0.2) is 6.33 Å². The van der Waals surface area contributed by atoms with Crippen LogP contribution >= 0.6 is 0 Å². The van der Waals surface area contributed by atoms with Crippen molar-refractivity contribution in [1.82, 2.24) is 14.6 Å². The van der Waals surface area contributed by atoms with Gasteiger partial charge >= 0.3 is 0 Å². The molecule has 0 aliphatic carbocycles. The first-order valence-electron chi connectivity index (χ1n) is 4.54. The Labute approximate surface area is 82.1 Å². The van der Waals surface area contributed by atoms with E-state index in [0.717, 1.165) is 11.5 Å². The second-order valence-corrected chi connectivity index (χ2v) is 3.19. The number of aliphatic hydroxyl groups excluding tert-OH is 1. The Morgan fingerprint density at radius 3 is 3.36 bits per heavy atom. The van der Waals surface area contributed by atoms with Crippen molar-refractivity contribution in [2.75, 3.05) is 25.6 Å². The van der Waals surface area contributed by atoms with E-state index in [1.807, 2.05) is 11.6 Å². The number of aliphatic hydroxyl groups is 1. The molecule has 0 radical (unpaired) electrons. The maximum Gasteiger partial charge on any atom is 0.151 e. The van der Waals surface area contributed by atoms with Crippen molar-refractivity contribution in [3.63, 3.8) is 0 Å². The summed E-state index contributed by atoms with van der Waals surface area (Å²) in [4.78, 5) is 9.61. The van der Waals surface area contributed by atoms with Gasteiger partial charge in [-0.15, -0.1) is 0 Å². The van der Waals surface area contributed by atoms with Crippen LogP contribution in [-0.4, -0.2) is 40.0 Å². The van der Waals surface area contributed by atoms with Gasteiger partial charge in [-0.25, -0.2) is 4.98 Å². The summed E-state index contributed by atoms with van der Waals surface area (Å²) >= 11 is 0. The molecule has 14 heavy (non-hydrogen) atoms. The van der Waals surface area contributed by atoms with Gasteiger partial charge in [-0.05, 0) is 0 Å². The van der Waals surface area contributed by atoms with E-state index < -0.39 is 0 Å². The Bertz CT molecular complexity index is 312. The summed E-state index contributed by atoms with van der Waals surface area (Å²) in [6.07, 6.45) is 1.71. The summed E-state index contributed by atoms with van der Waals surface area (Å²) in [5, 5.41) is 13.7. The number of anilines is 1. The normalized spacial score (nSPS) is 17.3. The van der Waals surface area contributed by atoms with E-state index in [1.54, 1.807) is 11.4 Å². The Balaban J connectivity index is 2.20. The van der Waals surface area contributed by atoms with Crippen molar-refractivity contribution in [2.24, 2.45) is 0 Å². The van der Waals surface area contributed by atoms with Crippen molar-refractivity contribution in [3.05, 3.63) is 12.0 Å². The van der Waals surface area contributed by atoms with E-state index in [2.05, 4.69) is 10.3 Å². The minimum absolute atomic E-state index is 0.110. The van der Waals surface area contributed by atoms with Crippen LogP contribution in [-0.2, 0) is 18.0 Å². The first-order valence-corrected chi connectivity index (χ1v) is 4.54. The van der Waals surface area contributed by atoms with E-state index in [9.17, 15) is 0 Å². The van der Waals surface area contributed by atoms with Crippen LogP contribution in [0, 0.1) is 0 Å². The molecule has 6 nitrogen and oxygen atoms in total. The van der Waals surface area contributed by atoms with Crippen LogP contribution in [0.5, 0.6) is 0 Å². The molecular weight excluding hydrogens is 184 g/mol. The molecule has 1 aromatic rings.